The van der Waals surface area contributed by atoms with Crippen LogP contribution < -0.4 is 0 Å². The summed E-state index contributed by atoms with van der Waals surface area (Å²) < 4.78 is 0. The number of hydrogen-bond donors (Lipinski definition) is 5. The Bertz CT molecular complexity index is 627. The molecule has 0 aromatic rings. The summed E-state index contributed by atoms with van der Waals surface area (Å²) in [6.07, 6.45) is 6.91. The van der Waals surface area contributed by atoms with Gasteiger partial charge in [0.2, 0.25) is 0 Å². The SMILES string of the molecule is CC(CC(O)CCCO)C1CCC2C3C(O)CC4CC(O)CCC4(C)C3CC(O)C12C. The Morgan fingerprint density at radius 1 is 0.968 bits per heavy atom. The highest BCUT2D eigenvalue weighted by Crippen LogP contribution is 2.68. The normalized spacial score (nSPS) is 51.5. The van der Waals surface area contributed by atoms with E-state index in [4.69, 9.17) is 5.11 Å². The Balaban J connectivity index is 1.55. The quantitative estimate of drug-likeness (QED) is 0.439. The topological polar surface area (TPSA) is 101 Å². The maximum Gasteiger partial charge on any atom is 0.0602 e. The van der Waals surface area contributed by atoms with Crippen molar-refractivity contribution < 1.29 is 25.5 Å². The van der Waals surface area contributed by atoms with Gasteiger partial charge in [0.25, 0.3) is 0 Å². The molecule has 0 aromatic carbocycles. The third kappa shape index (κ3) is 3.90. The fourth-order valence-corrected chi connectivity index (χ4v) is 9.17. The van der Waals surface area contributed by atoms with Crippen molar-refractivity contribution in [2.75, 3.05) is 6.61 Å². The van der Waals surface area contributed by atoms with E-state index >= 15 is 0 Å². The number of fused-ring (bicyclic) bond motifs is 5. The molecule has 0 spiro atoms. The van der Waals surface area contributed by atoms with Crippen LogP contribution in [0.5, 0.6) is 0 Å². The van der Waals surface area contributed by atoms with E-state index in [1.807, 2.05) is 0 Å². The Labute approximate surface area is 188 Å². The van der Waals surface area contributed by atoms with Crippen LogP contribution in [0, 0.1) is 46.3 Å². The minimum atomic E-state index is -0.396. The lowest BCUT2D eigenvalue weighted by molar-refractivity contribution is -0.207. The minimum absolute atomic E-state index is 0.107. The molecule has 5 nitrogen and oxygen atoms in total. The molecule has 4 aliphatic rings. The molecule has 4 rings (SSSR count). The van der Waals surface area contributed by atoms with Crippen molar-refractivity contribution in [3.63, 3.8) is 0 Å². The Morgan fingerprint density at radius 3 is 2.42 bits per heavy atom. The number of aliphatic hydroxyl groups excluding tert-OH is 5. The molecule has 0 aliphatic heterocycles. The molecule has 0 heterocycles. The van der Waals surface area contributed by atoms with Gasteiger partial charge in [-0.2, -0.15) is 0 Å². The zero-order valence-corrected chi connectivity index (χ0v) is 19.8. The standard InChI is InChI=1S/C26H46O5/c1-15(11-17(28)5-4-10-27)19-6-7-20-24-21(14-23(31)26(19,20)3)25(2)9-8-18(29)12-16(25)13-22(24)30/h15-24,27-31H,4-14H2,1-3H3. The Kier molecular flexibility index (Phi) is 6.85. The van der Waals surface area contributed by atoms with Crippen LogP contribution in [0.25, 0.3) is 0 Å². The highest BCUT2D eigenvalue weighted by atomic mass is 16.3. The van der Waals surface area contributed by atoms with Crippen LogP contribution in [-0.4, -0.2) is 56.6 Å². The summed E-state index contributed by atoms with van der Waals surface area (Å²) in [7, 11) is 0. The van der Waals surface area contributed by atoms with Crippen molar-refractivity contribution in [1.29, 1.82) is 0 Å². The van der Waals surface area contributed by atoms with Gasteiger partial charge in [-0.15, -0.1) is 0 Å². The summed E-state index contributed by atoms with van der Waals surface area (Å²) in [4.78, 5) is 0. The first-order valence-electron chi connectivity index (χ1n) is 13.0. The van der Waals surface area contributed by atoms with Crippen molar-refractivity contribution in [1.82, 2.24) is 0 Å². The highest BCUT2D eigenvalue weighted by molar-refractivity contribution is 5.14. The smallest absolute Gasteiger partial charge is 0.0602 e. The van der Waals surface area contributed by atoms with Gasteiger partial charge < -0.3 is 25.5 Å². The fourth-order valence-electron chi connectivity index (χ4n) is 9.17. The molecule has 5 N–H and O–H groups in total. The van der Waals surface area contributed by atoms with E-state index in [0.717, 1.165) is 44.9 Å². The van der Waals surface area contributed by atoms with Crippen molar-refractivity contribution in [3.05, 3.63) is 0 Å². The summed E-state index contributed by atoms with van der Waals surface area (Å²) in [5, 5.41) is 52.7. The molecule has 4 aliphatic carbocycles. The first-order valence-corrected chi connectivity index (χ1v) is 13.0. The number of hydrogen-bond acceptors (Lipinski definition) is 5. The molecule has 180 valence electrons. The van der Waals surface area contributed by atoms with Crippen LogP contribution in [0.3, 0.4) is 0 Å². The van der Waals surface area contributed by atoms with Crippen LogP contribution in [0.15, 0.2) is 0 Å². The highest BCUT2D eigenvalue weighted by Gasteiger charge is 2.65. The second-order valence-electron chi connectivity index (χ2n) is 12.3. The molecule has 12 unspecified atom stereocenters. The van der Waals surface area contributed by atoms with E-state index in [1.54, 1.807) is 0 Å². The predicted octanol–water partition coefficient (Wildman–Crippen LogP) is 3.11. The molecular weight excluding hydrogens is 392 g/mol. The molecule has 4 fully saturated rings. The van der Waals surface area contributed by atoms with Crippen LogP contribution in [0.2, 0.25) is 0 Å². The predicted molar refractivity (Wildman–Crippen MR) is 120 cm³/mol. The fraction of sp³-hybridized carbons (Fsp3) is 1.00. The molecule has 4 saturated carbocycles. The monoisotopic (exact) mass is 438 g/mol. The van der Waals surface area contributed by atoms with E-state index in [0.29, 0.717) is 48.9 Å². The molecule has 12 atom stereocenters. The third-order valence-corrected chi connectivity index (χ3v) is 10.9. The van der Waals surface area contributed by atoms with Crippen LogP contribution in [0.1, 0.15) is 85.0 Å². The zero-order valence-electron chi connectivity index (χ0n) is 19.8. The van der Waals surface area contributed by atoms with Gasteiger partial charge in [-0.25, -0.2) is 0 Å². The van der Waals surface area contributed by atoms with Gasteiger partial charge in [0.15, 0.2) is 0 Å². The average Bonchev–Trinajstić information content (AvgIpc) is 3.07. The molecule has 0 aromatic heterocycles. The first-order chi connectivity index (χ1) is 14.6. The summed E-state index contributed by atoms with van der Waals surface area (Å²) in [6, 6.07) is 0. The van der Waals surface area contributed by atoms with E-state index in [9.17, 15) is 20.4 Å². The van der Waals surface area contributed by atoms with Crippen molar-refractivity contribution in [2.45, 2.75) is 109 Å². The largest absolute Gasteiger partial charge is 0.396 e. The van der Waals surface area contributed by atoms with E-state index < -0.39 is 6.10 Å². The number of aliphatic hydroxyl groups is 5. The van der Waals surface area contributed by atoms with E-state index in [-0.39, 0.29) is 41.7 Å². The van der Waals surface area contributed by atoms with Gasteiger partial charge in [-0.1, -0.05) is 20.8 Å². The van der Waals surface area contributed by atoms with Crippen LogP contribution in [-0.2, 0) is 0 Å². The van der Waals surface area contributed by atoms with Crippen LogP contribution in [0.4, 0.5) is 0 Å². The molecule has 0 saturated heterocycles. The lowest BCUT2D eigenvalue weighted by atomic mass is 9.43. The molecule has 31 heavy (non-hydrogen) atoms. The maximum absolute atomic E-state index is 11.6. The van der Waals surface area contributed by atoms with Gasteiger partial charge in [-0.05, 0) is 111 Å². The third-order valence-electron chi connectivity index (χ3n) is 10.9. The first kappa shape index (κ1) is 23.9. The minimum Gasteiger partial charge on any atom is -0.396 e. The van der Waals surface area contributed by atoms with E-state index in [1.165, 1.54) is 0 Å². The van der Waals surface area contributed by atoms with Gasteiger partial charge in [-0.3, -0.25) is 0 Å². The molecule has 0 bridgehead atoms. The zero-order chi connectivity index (χ0) is 22.6. The molecule has 0 radical (unpaired) electrons. The van der Waals surface area contributed by atoms with Crippen molar-refractivity contribution >= 4 is 0 Å². The second kappa shape index (κ2) is 8.87. The lowest BCUT2D eigenvalue weighted by Crippen LogP contribution is -2.62. The van der Waals surface area contributed by atoms with Crippen LogP contribution >= 0.6 is 0 Å². The molecule has 0 amide bonds. The van der Waals surface area contributed by atoms with Crippen molar-refractivity contribution in [3.8, 4) is 0 Å². The Hall–Kier alpha value is -0.200. The van der Waals surface area contributed by atoms with Gasteiger partial charge in [0.1, 0.15) is 0 Å². The van der Waals surface area contributed by atoms with Crippen molar-refractivity contribution in [2.24, 2.45) is 46.3 Å². The average molecular weight is 439 g/mol. The summed E-state index contributed by atoms with van der Waals surface area (Å²) in [5.41, 5.74) is -0.106. The maximum atomic E-state index is 11.6. The Morgan fingerprint density at radius 2 is 1.71 bits per heavy atom. The lowest BCUT2D eigenvalue weighted by Gasteiger charge is -2.63. The summed E-state index contributed by atoms with van der Waals surface area (Å²) in [5.74, 6) is 1.89. The van der Waals surface area contributed by atoms with E-state index in [2.05, 4.69) is 20.8 Å². The summed E-state index contributed by atoms with van der Waals surface area (Å²) in [6.45, 7) is 6.97. The van der Waals surface area contributed by atoms with Gasteiger partial charge in [0, 0.05) is 6.61 Å². The van der Waals surface area contributed by atoms with Gasteiger partial charge in [0.05, 0.1) is 24.4 Å². The van der Waals surface area contributed by atoms with Gasteiger partial charge >= 0.3 is 0 Å². The molecule has 5 heteroatoms. The number of rotatable bonds is 6. The summed E-state index contributed by atoms with van der Waals surface area (Å²) >= 11 is 0. The second-order valence-corrected chi connectivity index (χ2v) is 12.3. The molecular formula is C26H46O5.